The molecule has 0 heterocycles. The van der Waals surface area contributed by atoms with Crippen molar-refractivity contribution in [2.45, 2.75) is 69.9 Å². The first-order chi connectivity index (χ1) is 11.0. The summed E-state index contributed by atoms with van der Waals surface area (Å²) in [4.78, 5) is 0. The Morgan fingerprint density at radius 2 is 1.70 bits per heavy atom. The minimum atomic E-state index is -1.45. The Kier molecular flexibility index (Phi) is 8.85. The Morgan fingerprint density at radius 1 is 1.04 bits per heavy atom. The van der Waals surface area contributed by atoms with E-state index < -0.39 is 3.93 Å². The second-order valence-corrected chi connectivity index (χ2v) is 30.0. The molecule has 2 rings (SSSR count). The second-order valence-electron chi connectivity index (χ2n) is 6.55. The number of hydrogen-bond donors (Lipinski definition) is 0. The van der Waals surface area contributed by atoms with Gasteiger partial charge in [0.05, 0.1) is 6.10 Å². The first kappa shape index (κ1) is 20.2. The van der Waals surface area contributed by atoms with Gasteiger partial charge in [-0.2, -0.15) is 0 Å². The number of hydrogen-bond acceptors (Lipinski definition) is 1. The van der Waals surface area contributed by atoms with Crippen LogP contribution in [0.25, 0.3) is 0 Å². The van der Waals surface area contributed by atoms with E-state index in [9.17, 15) is 0 Å². The molecule has 0 spiro atoms. The number of aryl methyl sites for hydroxylation is 1. The lowest BCUT2D eigenvalue weighted by Crippen LogP contribution is -2.21. The average molecular weight is 527 g/mol. The molecule has 1 fully saturated rings. The maximum absolute atomic E-state index is 6.07. The van der Waals surface area contributed by atoms with Crippen LogP contribution in [0.2, 0.25) is 6.04 Å². The van der Waals surface area contributed by atoms with Gasteiger partial charge in [0.2, 0.25) is 0 Å². The number of rotatable bonds is 8. The summed E-state index contributed by atoms with van der Waals surface area (Å²) in [5.74, 6) is 0.734. The van der Waals surface area contributed by atoms with Crippen LogP contribution in [0.3, 0.4) is 0 Å². The van der Waals surface area contributed by atoms with Gasteiger partial charge in [0.25, 0.3) is 3.93 Å². The quantitative estimate of drug-likeness (QED) is 0.198. The molecular formula is C18H27Br3OSi. The molecule has 0 radical (unpaired) electrons. The van der Waals surface area contributed by atoms with Crippen molar-refractivity contribution in [1.82, 2.24) is 0 Å². The summed E-state index contributed by atoms with van der Waals surface area (Å²) in [6.07, 6.45) is 8.97. The van der Waals surface area contributed by atoms with Crippen molar-refractivity contribution >= 4 is 49.8 Å². The summed E-state index contributed by atoms with van der Waals surface area (Å²) in [5, 5.41) is 0. The van der Waals surface area contributed by atoms with Crippen LogP contribution in [0, 0.1) is 0 Å². The Bertz CT molecular complexity index is 450. The topological polar surface area (TPSA) is 9.23 Å². The SMILES string of the molecule is CCCc1ccc(C2CCC(OCCC[Si](Br)(Br)Br)CC2)cc1. The molecule has 1 aromatic rings. The predicted molar refractivity (Wildman–Crippen MR) is 113 cm³/mol. The van der Waals surface area contributed by atoms with Crippen molar-refractivity contribution in [2.24, 2.45) is 0 Å². The highest BCUT2D eigenvalue weighted by Gasteiger charge is 2.24. The standard InChI is InChI=1S/C18H27Br3OSi/c1-2-4-15-5-7-16(8-6-15)17-9-11-18(12-10-17)22-13-3-14-23(19,20)21/h5-8,17-18H,2-4,9-14H2,1H3. The lowest BCUT2D eigenvalue weighted by molar-refractivity contribution is 0.0251. The molecule has 5 heteroatoms. The molecule has 1 aliphatic rings. The Balaban J connectivity index is 1.69. The summed E-state index contributed by atoms with van der Waals surface area (Å²) in [7, 11) is 0. The number of halogens is 3. The van der Waals surface area contributed by atoms with E-state index >= 15 is 0 Å². The molecule has 0 N–H and O–H groups in total. The largest absolute Gasteiger partial charge is 0.378 e. The molecule has 0 unspecified atom stereocenters. The monoisotopic (exact) mass is 524 g/mol. The summed E-state index contributed by atoms with van der Waals surface area (Å²) in [6.45, 7) is 3.13. The van der Waals surface area contributed by atoms with Gasteiger partial charge in [-0.3, -0.25) is 0 Å². The molecule has 0 amide bonds. The zero-order valence-corrected chi connectivity index (χ0v) is 19.6. The first-order valence-electron chi connectivity index (χ1n) is 8.75. The van der Waals surface area contributed by atoms with Gasteiger partial charge in [-0.05, 0) is 61.6 Å². The fourth-order valence-electron chi connectivity index (χ4n) is 3.33. The molecule has 1 aromatic carbocycles. The highest BCUT2D eigenvalue weighted by molar-refractivity contribution is 9.72. The van der Waals surface area contributed by atoms with Crippen LogP contribution in [0.4, 0.5) is 0 Å². The molecule has 0 saturated heterocycles. The molecule has 0 bridgehead atoms. The average Bonchev–Trinajstić information content (AvgIpc) is 2.52. The van der Waals surface area contributed by atoms with Gasteiger partial charge in [-0.25, -0.2) is 0 Å². The third-order valence-corrected chi connectivity index (χ3v) is 9.11. The Morgan fingerprint density at radius 3 is 2.26 bits per heavy atom. The maximum atomic E-state index is 6.07. The molecule has 0 aromatic heterocycles. The van der Waals surface area contributed by atoms with E-state index in [1.807, 2.05) is 0 Å². The van der Waals surface area contributed by atoms with Crippen LogP contribution in [0.15, 0.2) is 24.3 Å². The van der Waals surface area contributed by atoms with E-state index in [0.29, 0.717) is 6.10 Å². The van der Waals surface area contributed by atoms with Gasteiger partial charge in [0, 0.05) is 6.61 Å². The Labute approximate surface area is 165 Å². The van der Waals surface area contributed by atoms with Gasteiger partial charge in [0.15, 0.2) is 0 Å². The second kappa shape index (κ2) is 10.1. The van der Waals surface area contributed by atoms with Gasteiger partial charge < -0.3 is 4.74 Å². The fraction of sp³-hybridized carbons (Fsp3) is 0.667. The van der Waals surface area contributed by atoms with Crippen molar-refractivity contribution in [2.75, 3.05) is 6.61 Å². The highest BCUT2D eigenvalue weighted by Crippen LogP contribution is 2.35. The molecule has 1 aliphatic carbocycles. The molecule has 23 heavy (non-hydrogen) atoms. The Hall–Kier alpha value is 0.837. The maximum Gasteiger partial charge on any atom is 0.267 e. The van der Waals surface area contributed by atoms with E-state index in [0.717, 1.165) is 25.0 Å². The highest BCUT2D eigenvalue weighted by atomic mass is 80.0. The zero-order chi connectivity index (χ0) is 16.7. The lowest BCUT2D eigenvalue weighted by atomic mass is 9.82. The normalized spacial score (nSPS) is 22.3. The molecule has 1 saturated carbocycles. The van der Waals surface area contributed by atoms with Crippen LogP contribution < -0.4 is 0 Å². The van der Waals surface area contributed by atoms with E-state index in [4.69, 9.17) is 4.74 Å². The van der Waals surface area contributed by atoms with Crippen LogP contribution in [0.5, 0.6) is 0 Å². The van der Waals surface area contributed by atoms with Crippen molar-refractivity contribution < 1.29 is 4.74 Å². The van der Waals surface area contributed by atoms with Gasteiger partial charge in [-0.15, -0.1) is 0 Å². The van der Waals surface area contributed by atoms with E-state index in [1.54, 1.807) is 0 Å². The summed E-state index contributed by atoms with van der Waals surface area (Å²) in [6, 6.07) is 10.5. The van der Waals surface area contributed by atoms with Crippen molar-refractivity contribution in [3.63, 3.8) is 0 Å². The van der Waals surface area contributed by atoms with E-state index in [1.165, 1.54) is 49.7 Å². The number of benzene rings is 1. The van der Waals surface area contributed by atoms with Gasteiger partial charge >= 0.3 is 0 Å². The minimum absolute atomic E-state index is 0.475. The van der Waals surface area contributed by atoms with Crippen LogP contribution in [-0.4, -0.2) is 16.6 Å². The first-order valence-corrected chi connectivity index (χ1v) is 17.7. The fourth-order valence-corrected chi connectivity index (χ4v) is 6.40. The van der Waals surface area contributed by atoms with Gasteiger partial charge in [0.1, 0.15) is 0 Å². The van der Waals surface area contributed by atoms with Crippen molar-refractivity contribution in [3.05, 3.63) is 35.4 Å². The zero-order valence-electron chi connectivity index (χ0n) is 13.9. The lowest BCUT2D eigenvalue weighted by Gasteiger charge is -2.29. The minimum Gasteiger partial charge on any atom is -0.378 e. The molecular weight excluding hydrogens is 500 g/mol. The van der Waals surface area contributed by atoms with Crippen LogP contribution >= 0.6 is 45.9 Å². The molecule has 0 aliphatic heterocycles. The molecule has 0 atom stereocenters. The van der Waals surface area contributed by atoms with Gasteiger partial charge in [-0.1, -0.05) is 83.5 Å². The van der Waals surface area contributed by atoms with Crippen LogP contribution in [-0.2, 0) is 11.2 Å². The summed E-state index contributed by atoms with van der Waals surface area (Å²) in [5.41, 5.74) is 3.00. The third kappa shape index (κ3) is 7.72. The molecule has 130 valence electrons. The van der Waals surface area contributed by atoms with E-state index in [-0.39, 0.29) is 0 Å². The predicted octanol–water partition coefficient (Wildman–Crippen LogP) is 7.20. The third-order valence-electron chi connectivity index (χ3n) is 4.62. The molecule has 1 nitrogen and oxygen atoms in total. The van der Waals surface area contributed by atoms with E-state index in [2.05, 4.69) is 77.1 Å². The van der Waals surface area contributed by atoms with Crippen molar-refractivity contribution in [1.29, 1.82) is 0 Å². The summed E-state index contributed by atoms with van der Waals surface area (Å²) >= 11 is 11.0. The van der Waals surface area contributed by atoms with Crippen LogP contribution in [0.1, 0.15) is 62.5 Å². The number of ether oxygens (including phenoxy) is 1. The van der Waals surface area contributed by atoms with Crippen molar-refractivity contribution in [3.8, 4) is 0 Å². The smallest absolute Gasteiger partial charge is 0.267 e. The summed E-state index contributed by atoms with van der Waals surface area (Å²) < 4.78 is 4.62.